The van der Waals surface area contributed by atoms with Gasteiger partial charge in [0.05, 0.1) is 13.2 Å². The molecule has 3 rings (SSSR count). The van der Waals surface area contributed by atoms with Gasteiger partial charge < -0.3 is 14.8 Å². The Hall–Kier alpha value is -2.42. The Morgan fingerprint density at radius 1 is 1.14 bits per heavy atom. The highest BCUT2D eigenvalue weighted by Crippen LogP contribution is 2.31. The first kappa shape index (κ1) is 21.3. The number of hydrogen-bond acceptors (Lipinski definition) is 5. The van der Waals surface area contributed by atoms with Gasteiger partial charge in [-0.1, -0.05) is 12.1 Å². The molecule has 0 spiro atoms. The number of anilines is 1. The summed E-state index contributed by atoms with van der Waals surface area (Å²) < 4.78 is 38.3. The van der Waals surface area contributed by atoms with E-state index in [0.717, 1.165) is 18.4 Å². The minimum absolute atomic E-state index is 0.0761. The van der Waals surface area contributed by atoms with Crippen molar-refractivity contribution in [2.75, 3.05) is 32.1 Å². The summed E-state index contributed by atoms with van der Waals surface area (Å²) in [6, 6.07) is 11.8. The number of amides is 1. The van der Waals surface area contributed by atoms with E-state index < -0.39 is 10.0 Å². The molecule has 0 atom stereocenters. The summed E-state index contributed by atoms with van der Waals surface area (Å²) in [6.07, 6.45) is 1.69. The Labute approximate surface area is 171 Å². The molecule has 0 bridgehead atoms. The molecular weight excluding hydrogens is 392 g/mol. The van der Waals surface area contributed by atoms with Crippen LogP contribution in [0.1, 0.15) is 35.7 Å². The van der Waals surface area contributed by atoms with Crippen LogP contribution in [0.15, 0.2) is 47.4 Å². The maximum atomic E-state index is 13.1. The first-order chi connectivity index (χ1) is 14.0. The molecule has 1 aliphatic rings. The van der Waals surface area contributed by atoms with Crippen molar-refractivity contribution in [3.05, 3.63) is 53.6 Å². The van der Waals surface area contributed by atoms with Crippen molar-refractivity contribution >= 4 is 21.6 Å². The van der Waals surface area contributed by atoms with E-state index in [-0.39, 0.29) is 10.8 Å². The van der Waals surface area contributed by atoms with Crippen LogP contribution in [0.25, 0.3) is 0 Å². The van der Waals surface area contributed by atoms with E-state index in [2.05, 4.69) is 5.32 Å². The van der Waals surface area contributed by atoms with E-state index in [4.69, 9.17) is 9.47 Å². The van der Waals surface area contributed by atoms with Crippen LogP contribution in [-0.2, 0) is 21.4 Å². The zero-order valence-corrected chi connectivity index (χ0v) is 17.5. The standard InChI is InChI=1S/C21H26N2O5S/c1-3-28-19-10-9-18(14-20(19)29(25,26)23-11-4-5-12-23)22-21(24)17-8-6-7-16(13-17)15-27-2/h6-10,13-14H,3-5,11-12,15H2,1-2H3,(H,22,24). The summed E-state index contributed by atoms with van der Waals surface area (Å²) in [5.41, 5.74) is 1.75. The SMILES string of the molecule is CCOc1ccc(NC(=O)c2cccc(COC)c2)cc1S(=O)(=O)N1CCCC1. The predicted octanol–water partition coefficient (Wildman–Crippen LogP) is 3.27. The molecule has 7 nitrogen and oxygen atoms in total. The van der Waals surface area contributed by atoms with Crippen LogP contribution in [-0.4, -0.2) is 45.4 Å². The quantitative estimate of drug-likeness (QED) is 0.711. The van der Waals surface area contributed by atoms with Gasteiger partial charge in [0.25, 0.3) is 5.91 Å². The lowest BCUT2D eigenvalue weighted by Gasteiger charge is -2.19. The van der Waals surface area contributed by atoms with Crippen molar-refractivity contribution in [2.24, 2.45) is 0 Å². The van der Waals surface area contributed by atoms with Crippen molar-refractivity contribution in [2.45, 2.75) is 31.3 Å². The molecule has 0 aliphatic carbocycles. The molecular formula is C21H26N2O5S. The monoisotopic (exact) mass is 418 g/mol. The van der Waals surface area contributed by atoms with Crippen LogP contribution >= 0.6 is 0 Å². The van der Waals surface area contributed by atoms with E-state index in [1.807, 2.05) is 6.07 Å². The molecule has 1 aliphatic heterocycles. The van der Waals surface area contributed by atoms with E-state index in [1.165, 1.54) is 10.4 Å². The number of benzene rings is 2. The maximum Gasteiger partial charge on any atom is 0.255 e. The highest BCUT2D eigenvalue weighted by Gasteiger charge is 2.30. The number of nitrogens with one attached hydrogen (secondary N) is 1. The molecule has 2 aromatic rings. The van der Waals surface area contributed by atoms with Crippen molar-refractivity contribution < 1.29 is 22.7 Å². The fraction of sp³-hybridized carbons (Fsp3) is 0.381. The number of rotatable bonds is 8. The highest BCUT2D eigenvalue weighted by atomic mass is 32.2. The molecule has 0 unspecified atom stereocenters. The zero-order chi connectivity index (χ0) is 20.9. The summed E-state index contributed by atoms with van der Waals surface area (Å²) >= 11 is 0. The summed E-state index contributed by atoms with van der Waals surface area (Å²) in [6.45, 7) is 3.55. The highest BCUT2D eigenvalue weighted by molar-refractivity contribution is 7.89. The Bertz CT molecular complexity index is 969. The van der Waals surface area contributed by atoms with Gasteiger partial charge in [0, 0.05) is 31.5 Å². The van der Waals surface area contributed by atoms with E-state index in [1.54, 1.807) is 44.4 Å². The molecule has 1 saturated heterocycles. The maximum absolute atomic E-state index is 13.1. The van der Waals surface area contributed by atoms with Crippen molar-refractivity contribution in [1.82, 2.24) is 4.31 Å². The number of hydrogen-bond donors (Lipinski definition) is 1. The third-order valence-electron chi connectivity index (χ3n) is 4.68. The Balaban J connectivity index is 1.88. The van der Waals surface area contributed by atoms with Gasteiger partial charge in [0.2, 0.25) is 10.0 Å². The molecule has 1 fully saturated rings. The van der Waals surface area contributed by atoms with Crippen LogP contribution < -0.4 is 10.1 Å². The summed E-state index contributed by atoms with van der Waals surface area (Å²) in [4.78, 5) is 12.7. The minimum Gasteiger partial charge on any atom is -0.492 e. The molecule has 1 heterocycles. The second-order valence-electron chi connectivity index (χ2n) is 6.79. The topological polar surface area (TPSA) is 84.9 Å². The van der Waals surface area contributed by atoms with Crippen molar-refractivity contribution in [3.8, 4) is 5.75 Å². The number of carbonyl (C=O) groups is 1. The Kier molecular flexibility index (Phi) is 6.89. The van der Waals surface area contributed by atoms with Crippen LogP contribution in [0.2, 0.25) is 0 Å². The van der Waals surface area contributed by atoms with E-state index in [0.29, 0.717) is 43.3 Å². The molecule has 156 valence electrons. The number of carbonyl (C=O) groups excluding carboxylic acids is 1. The number of ether oxygens (including phenoxy) is 2. The zero-order valence-electron chi connectivity index (χ0n) is 16.7. The second kappa shape index (κ2) is 9.39. The van der Waals surface area contributed by atoms with Gasteiger partial charge in [-0.05, 0) is 55.7 Å². The van der Waals surface area contributed by atoms with Gasteiger partial charge >= 0.3 is 0 Å². The van der Waals surface area contributed by atoms with Gasteiger partial charge in [-0.3, -0.25) is 4.79 Å². The average molecular weight is 419 g/mol. The second-order valence-corrected chi connectivity index (χ2v) is 8.70. The van der Waals surface area contributed by atoms with Gasteiger partial charge in [-0.25, -0.2) is 8.42 Å². The molecule has 1 amide bonds. The smallest absolute Gasteiger partial charge is 0.255 e. The van der Waals surface area contributed by atoms with E-state index in [9.17, 15) is 13.2 Å². The summed E-state index contributed by atoms with van der Waals surface area (Å²) in [7, 11) is -2.10. The Morgan fingerprint density at radius 2 is 1.90 bits per heavy atom. The number of methoxy groups -OCH3 is 1. The predicted molar refractivity (Wildman–Crippen MR) is 111 cm³/mol. The lowest BCUT2D eigenvalue weighted by Crippen LogP contribution is -2.28. The van der Waals surface area contributed by atoms with Crippen LogP contribution in [0, 0.1) is 0 Å². The number of nitrogens with zero attached hydrogens (tertiary/aromatic N) is 1. The number of sulfonamides is 1. The van der Waals surface area contributed by atoms with Crippen LogP contribution in [0.5, 0.6) is 5.75 Å². The fourth-order valence-electron chi connectivity index (χ4n) is 3.30. The van der Waals surface area contributed by atoms with Crippen LogP contribution in [0.3, 0.4) is 0 Å². The van der Waals surface area contributed by atoms with Crippen LogP contribution in [0.4, 0.5) is 5.69 Å². The third-order valence-corrected chi connectivity index (χ3v) is 6.60. The molecule has 1 N–H and O–H groups in total. The molecule has 0 radical (unpaired) electrons. The lowest BCUT2D eigenvalue weighted by molar-refractivity contribution is 0.102. The van der Waals surface area contributed by atoms with Gasteiger partial charge in [-0.2, -0.15) is 4.31 Å². The van der Waals surface area contributed by atoms with Crippen molar-refractivity contribution in [3.63, 3.8) is 0 Å². The third kappa shape index (κ3) is 4.95. The minimum atomic E-state index is -3.69. The Morgan fingerprint density at radius 3 is 2.59 bits per heavy atom. The first-order valence-electron chi connectivity index (χ1n) is 9.62. The molecule has 2 aromatic carbocycles. The molecule has 0 saturated carbocycles. The largest absolute Gasteiger partial charge is 0.492 e. The van der Waals surface area contributed by atoms with E-state index >= 15 is 0 Å². The van der Waals surface area contributed by atoms with Crippen molar-refractivity contribution in [1.29, 1.82) is 0 Å². The van der Waals surface area contributed by atoms with Gasteiger partial charge in [-0.15, -0.1) is 0 Å². The fourth-order valence-corrected chi connectivity index (χ4v) is 4.98. The summed E-state index contributed by atoms with van der Waals surface area (Å²) in [5.74, 6) is -0.0314. The molecule has 0 aromatic heterocycles. The summed E-state index contributed by atoms with van der Waals surface area (Å²) in [5, 5.41) is 2.78. The van der Waals surface area contributed by atoms with Gasteiger partial charge in [0.15, 0.2) is 0 Å². The van der Waals surface area contributed by atoms with Gasteiger partial charge in [0.1, 0.15) is 10.6 Å². The average Bonchev–Trinajstić information content (AvgIpc) is 3.25. The molecule has 29 heavy (non-hydrogen) atoms. The first-order valence-corrected chi connectivity index (χ1v) is 11.1. The lowest BCUT2D eigenvalue weighted by atomic mass is 10.1. The molecule has 8 heteroatoms. The normalized spacial score (nSPS) is 14.7.